The second-order valence-corrected chi connectivity index (χ2v) is 16.9. The average molecular weight is 801 g/mol. The van der Waals surface area contributed by atoms with Crippen molar-refractivity contribution in [2.45, 2.75) is 138 Å². The summed E-state index contributed by atoms with van der Waals surface area (Å²) >= 11 is 0. The van der Waals surface area contributed by atoms with Crippen LogP contribution in [0, 0.1) is 33.5 Å². The number of carbonyl (C=O) groups is 1. The van der Waals surface area contributed by atoms with Gasteiger partial charge in [0.1, 0.15) is 72.5 Å². The van der Waals surface area contributed by atoms with Crippen LogP contribution in [-0.2, 0) is 30.1 Å². The van der Waals surface area contributed by atoms with Crippen molar-refractivity contribution >= 4 is 28.8 Å². The molecule has 2 unspecified atom stereocenters. The number of nitrogens with two attached hydrogens (primary N) is 2. The molecule has 10 atom stereocenters. The third-order valence-electron chi connectivity index (χ3n) is 13.4. The molecule has 0 spiro atoms. The molecule has 308 valence electrons. The Morgan fingerprint density at radius 1 is 0.759 bits per heavy atom. The number of aromatic nitrogens is 6. The standard InChI is InChI=1S/C39H48N10O9/c1-36(11-3-4-12-36)27(15-23-29(50)31(52)38(17-40,57-23)25-9-7-21-33(42)44-19-46-48(21)25)55-35(54)56-28(37(2)13-5-6-14-37)16-24-30(51)32(53)39(18-41,58-24)26-10-8-22-34(43)45-20-47-49(22)26/h7-10,19-20,23-24,27-32,50-53H,3-6,11-16H2,1-2H3,(H2,42,44,46)(H2,43,45,47)/t23-,24-,27?,28?,29-,30-,31-,32-,38+,39+/m1/s1. The van der Waals surface area contributed by atoms with Gasteiger partial charge in [0.05, 0.1) is 23.6 Å². The van der Waals surface area contributed by atoms with E-state index in [9.17, 15) is 35.7 Å². The first-order valence-corrected chi connectivity index (χ1v) is 19.7. The number of nitrogen functional groups attached to an aromatic ring is 2. The van der Waals surface area contributed by atoms with Gasteiger partial charge in [-0.3, -0.25) is 0 Å². The fourth-order valence-electron chi connectivity index (χ4n) is 9.85. The highest BCUT2D eigenvalue weighted by Crippen LogP contribution is 2.50. The van der Waals surface area contributed by atoms with Crippen LogP contribution in [0.3, 0.4) is 0 Å². The van der Waals surface area contributed by atoms with Crippen LogP contribution in [0.5, 0.6) is 0 Å². The van der Waals surface area contributed by atoms with Crippen LogP contribution in [0.15, 0.2) is 36.9 Å². The Morgan fingerprint density at radius 3 is 1.50 bits per heavy atom. The summed E-state index contributed by atoms with van der Waals surface area (Å²) in [5.41, 5.74) is 7.90. The van der Waals surface area contributed by atoms with Crippen molar-refractivity contribution in [2.75, 3.05) is 11.5 Å². The number of hydrogen-bond acceptors (Lipinski definition) is 17. The molecule has 4 aliphatic rings. The number of anilines is 2. The number of aliphatic hydroxyl groups excluding tert-OH is 4. The van der Waals surface area contributed by atoms with Crippen molar-refractivity contribution in [2.24, 2.45) is 10.8 Å². The van der Waals surface area contributed by atoms with Crippen LogP contribution < -0.4 is 11.5 Å². The Bertz CT molecular complexity index is 2120. The van der Waals surface area contributed by atoms with Gasteiger partial charge in [0.25, 0.3) is 0 Å². The van der Waals surface area contributed by atoms with E-state index >= 15 is 0 Å². The predicted molar refractivity (Wildman–Crippen MR) is 201 cm³/mol. The normalized spacial score (nSPS) is 32.6. The van der Waals surface area contributed by atoms with Gasteiger partial charge in [0, 0.05) is 23.7 Å². The smallest absolute Gasteiger partial charge is 0.430 e. The zero-order valence-electron chi connectivity index (χ0n) is 32.2. The fraction of sp³-hybridized carbons (Fsp3) is 0.615. The molecule has 6 heterocycles. The molecule has 2 aliphatic carbocycles. The molecular weight excluding hydrogens is 752 g/mol. The molecule has 0 bridgehead atoms. The molecule has 0 amide bonds. The summed E-state index contributed by atoms with van der Waals surface area (Å²) in [5, 5.41) is 75.1. The van der Waals surface area contributed by atoms with Crippen LogP contribution >= 0.6 is 0 Å². The molecule has 58 heavy (non-hydrogen) atoms. The fourth-order valence-corrected chi connectivity index (χ4v) is 9.85. The SMILES string of the molecule is CC1(C(C[C@H]2O[C@@](C#N)(c3ccc4c(N)ncnn34)[C@H](O)[C@@H]2O)OC(=O)OC(C[C@H]2O[C@@](C#N)(c3ccc4c(N)ncnn34)[C@H](O)[C@@H]2O)C2(C)CCCC2)CCCC1. The molecule has 2 aliphatic heterocycles. The van der Waals surface area contributed by atoms with Gasteiger partial charge < -0.3 is 50.8 Å². The zero-order chi connectivity index (χ0) is 41.2. The predicted octanol–water partition coefficient (Wildman–Crippen LogP) is 2.15. The zero-order valence-corrected chi connectivity index (χ0v) is 32.2. The number of ether oxygens (including phenoxy) is 4. The average Bonchev–Trinajstić information content (AvgIpc) is 4.08. The van der Waals surface area contributed by atoms with E-state index < -0.39 is 77.0 Å². The van der Waals surface area contributed by atoms with E-state index in [2.05, 4.69) is 32.3 Å². The molecular formula is C39H48N10O9. The molecule has 19 nitrogen and oxygen atoms in total. The lowest BCUT2D eigenvalue weighted by molar-refractivity contribution is -0.112. The van der Waals surface area contributed by atoms with E-state index in [0.717, 1.165) is 25.7 Å². The molecule has 4 aromatic heterocycles. The van der Waals surface area contributed by atoms with Gasteiger partial charge in [-0.2, -0.15) is 20.7 Å². The Morgan fingerprint density at radius 2 is 1.14 bits per heavy atom. The van der Waals surface area contributed by atoms with Crippen LogP contribution in [0.25, 0.3) is 11.0 Å². The van der Waals surface area contributed by atoms with E-state index in [-0.39, 0.29) is 35.9 Å². The third-order valence-corrected chi connectivity index (χ3v) is 13.4. The maximum Gasteiger partial charge on any atom is 0.508 e. The maximum atomic E-state index is 14.1. The molecule has 19 heteroatoms. The molecule has 8 rings (SSSR count). The van der Waals surface area contributed by atoms with Gasteiger partial charge in [-0.15, -0.1) is 0 Å². The van der Waals surface area contributed by atoms with Crippen LogP contribution in [0.4, 0.5) is 16.4 Å². The quantitative estimate of drug-likeness (QED) is 0.125. The summed E-state index contributed by atoms with van der Waals surface area (Å²) in [6, 6.07) is 10.4. The number of nitriles is 2. The molecule has 8 N–H and O–H groups in total. The van der Waals surface area contributed by atoms with Crippen molar-refractivity contribution in [1.82, 2.24) is 29.2 Å². The first-order valence-electron chi connectivity index (χ1n) is 19.7. The highest BCUT2D eigenvalue weighted by molar-refractivity contribution is 5.67. The summed E-state index contributed by atoms with van der Waals surface area (Å²) in [6.07, 6.45) is -2.98. The summed E-state index contributed by atoms with van der Waals surface area (Å²) in [7, 11) is 0. The topological polar surface area (TPSA) is 295 Å². The van der Waals surface area contributed by atoms with Gasteiger partial charge in [-0.25, -0.2) is 23.8 Å². The van der Waals surface area contributed by atoms with E-state index in [1.54, 1.807) is 12.1 Å². The second kappa shape index (κ2) is 14.6. The summed E-state index contributed by atoms with van der Waals surface area (Å²) in [4.78, 5) is 22.0. The van der Waals surface area contributed by atoms with E-state index in [4.69, 9.17) is 30.4 Å². The van der Waals surface area contributed by atoms with Crippen molar-refractivity contribution < 1.29 is 44.2 Å². The first kappa shape index (κ1) is 39.7. The molecule has 0 aromatic carbocycles. The summed E-state index contributed by atoms with van der Waals surface area (Å²) in [6.45, 7) is 3.97. The number of rotatable bonds is 10. The number of aliphatic hydroxyl groups is 4. The lowest BCUT2D eigenvalue weighted by Gasteiger charge is -2.38. The molecule has 0 radical (unpaired) electrons. The van der Waals surface area contributed by atoms with Crippen LogP contribution in [0.2, 0.25) is 0 Å². The maximum absolute atomic E-state index is 14.1. The molecule has 2 saturated carbocycles. The van der Waals surface area contributed by atoms with Gasteiger partial charge in [0.15, 0.2) is 11.6 Å². The number of fused-ring (bicyclic) bond motifs is 2. The van der Waals surface area contributed by atoms with Gasteiger partial charge in [0.2, 0.25) is 11.2 Å². The van der Waals surface area contributed by atoms with Crippen molar-refractivity contribution in [3.05, 3.63) is 48.3 Å². The number of carbonyl (C=O) groups excluding carboxylic acids is 1. The Balaban J connectivity index is 1.04. The van der Waals surface area contributed by atoms with Crippen LogP contribution in [-0.4, -0.2) is 105 Å². The summed E-state index contributed by atoms with van der Waals surface area (Å²) < 4.78 is 27.6. The highest BCUT2D eigenvalue weighted by atomic mass is 16.7. The van der Waals surface area contributed by atoms with E-state index in [1.165, 1.54) is 33.8 Å². The van der Waals surface area contributed by atoms with Gasteiger partial charge in [-0.1, -0.05) is 39.5 Å². The lowest BCUT2D eigenvalue weighted by atomic mass is 9.79. The van der Waals surface area contributed by atoms with Crippen molar-refractivity contribution in [3.8, 4) is 12.1 Å². The largest absolute Gasteiger partial charge is 0.508 e. The highest BCUT2D eigenvalue weighted by Gasteiger charge is 2.60. The lowest BCUT2D eigenvalue weighted by Crippen LogP contribution is -2.44. The number of hydrogen-bond donors (Lipinski definition) is 6. The second-order valence-electron chi connectivity index (χ2n) is 16.9. The monoisotopic (exact) mass is 800 g/mol. The molecule has 2 saturated heterocycles. The van der Waals surface area contributed by atoms with E-state index in [0.29, 0.717) is 36.7 Å². The third kappa shape index (κ3) is 6.19. The molecule has 4 fully saturated rings. The minimum atomic E-state index is -2.04. The van der Waals surface area contributed by atoms with E-state index in [1.807, 2.05) is 13.8 Å². The Kier molecular flexibility index (Phi) is 9.98. The minimum Gasteiger partial charge on any atom is -0.430 e. The Hall–Kier alpha value is -5.15. The Labute approximate surface area is 333 Å². The summed E-state index contributed by atoms with van der Waals surface area (Å²) in [5.74, 6) is 0.296. The van der Waals surface area contributed by atoms with Crippen molar-refractivity contribution in [3.63, 3.8) is 0 Å². The van der Waals surface area contributed by atoms with Crippen molar-refractivity contribution in [1.29, 1.82) is 10.5 Å². The number of nitrogens with zero attached hydrogens (tertiary/aromatic N) is 8. The van der Waals surface area contributed by atoms with Gasteiger partial charge in [-0.05, 0) is 49.9 Å². The van der Waals surface area contributed by atoms with Gasteiger partial charge >= 0.3 is 6.16 Å². The minimum absolute atomic E-state index is 0.0731. The van der Waals surface area contributed by atoms with Crippen LogP contribution in [0.1, 0.15) is 89.4 Å². The molecule has 4 aromatic rings. The first-order chi connectivity index (χ1) is 27.7.